The minimum absolute atomic E-state index is 0.0766. The van der Waals surface area contributed by atoms with Crippen molar-refractivity contribution in [1.29, 1.82) is 5.26 Å². The maximum absolute atomic E-state index is 11.7. The second kappa shape index (κ2) is 6.90. The molecule has 0 saturated carbocycles. The van der Waals surface area contributed by atoms with Gasteiger partial charge in [-0.25, -0.2) is 0 Å². The molecular formula is C15H21N3O2. The second-order valence-corrected chi connectivity index (χ2v) is 4.88. The average molecular weight is 275 g/mol. The molecule has 0 amide bonds. The molecule has 5 nitrogen and oxygen atoms in total. The number of hydrogen-bond acceptors (Lipinski definition) is 5. The fourth-order valence-electron chi connectivity index (χ4n) is 2.06. The molecule has 0 atom stereocenters. The maximum Gasteiger partial charge on any atom is 0.325 e. The monoisotopic (exact) mass is 275 g/mol. The summed E-state index contributed by atoms with van der Waals surface area (Å²) in [6.07, 6.45) is 0. The third-order valence-corrected chi connectivity index (χ3v) is 2.96. The SMILES string of the molecule is CCOC(=O)CN(c1cc(C)nc(C)c1C#N)C(C)C. The van der Waals surface area contributed by atoms with E-state index < -0.39 is 0 Å². The Balaban J connectivity index is 3.22. The lowest BCUT2D eigenvalue weighted by Gasteiger charge is -2.29. The summed E-state index contributed by atoms with van der Waals surface area (Å²) >= 11 is 0. The van der Waals surface area contributed by atoms with E-state index in [-0.39, 0.29) is 18.6 Å². The Hall–Kier alpha value is -2.09. The van der Waals surface area contributed by atoms with Crippen molar-refractivity contribution >= 4 is 11.7 Å². The lowest BCUT2D eigenvalue weighted by Crippen LogP contribution is -2.37. The molecule has 1 aromatic heterocycles. The fraction of sp³-hybridized carbons (Fsp3) is 0.533. The van der Waals surface area contributed by atoms with Gasteiger partial charge in [0.2, 0.25) is 0 Å². The van der Waals surface area contributed by atoms with Crippen LogP contribution in [0.1, 0.15) is 37.7 Å². The molecule has 108 valence electrons. The molecule has 0 N–H and O–H groups in total. The molecule has 0 spiro atoms. The Kier molecular flexibility index (Phi) is 5.51. The first-order chi connectivity index (χ1) is 9.40. The zero-order chi connectivity index (χ0) is 15.3. The second-order valence-electron chi connectivity index (χ2n) is 4.88. The number of nitriles is 1. The van der Waals surface area contributed by atoms with Crippen molar-refractivity contribution in [3.8, 4) is 6.07 Å². The summed E-state index contributed by atoms with van der Waals surface area (Å²) in [6.45, 7) is 9.89. The van der Waals surface area contributed by atoms with Crippen LogP contribution in [0.3, 0.4) is 0 Å². The maximum atomic E-state index is 11.7. The number of aromatic nitrogens is 1. The Morgan fingerprint density at radius 1 is 1.50 bits per heavy atom. The Labute approximate surface area is 120 Å². The summed E-state index contributed by atoms with van der Waals surface area (Å²) in [5, 5.41) is 9.33. The van der Waals surface area contributed by atoms with E-state index in [1.165, 1.54) is 0 Å². The topological polar surface area (TPSA) is 66.2 Å². The number of ether oxygens (including phenoxy) is 1. The normalized spacial score (nSPS) is 10.2. The van der Waals surface area contributed by atoms with Crippen LogP contribution in [-0.2, 0) is 9.53 Å². The highest BCUT2D eigenvalue weighted by Gasteiger charge is 2.20. The Morgan fingerprint density at radius 2 is 2.15 bits per heavy atom. The molecule has 0 aliphatic rings. The first-order valence-electron chi connectivity index (χ1n) is 6.71. The summed E-state index contributed by atoms with van der Waals surface area (Å²) in [4.78, 5) is 17.9. The molecule has 5 heteroatoms. The zero-order valence-electron chi connectivity index (χ0n) is 12.7. The van der Waals surface area contributed by atoms with Gasteiger partial charge < -0.3 is 9.64 Å². The molecule has 0 fully saturated rings. The first-order valence-corrected chi connectivity index (χ1v) is 6.71. The number of carbonyl (C=O) groups excluding carboxylic acids is 1. The minimum atomic E-state index is -0.294. The van der Waals surface area contributed by atoms with Crippen molar-refractivity contribution in [3.05, 3.63) is 23.0 Å². The first kappa shape index (κ1) is 16.0. The van der Waals surface area contributed by atoms with Crippen LogP contribution in [0.15, 0.2) is 6.07 Å². The Bertz CT molecular complexity index is 533. The molecule has 0 aliphatic heterocycles. The van der Waals surface area contributed by atoms with Crippen molar-refractivity contribution < 1.29 is 9.53 Å². The number of aryl methyl sites for hydroxylation is 2. The quantitative estimate of drug-likeness (QED) is 0.772. The van der Waals surface area contributed by atoms with Crippen LogP contribution >= 0.6 is 0 Å². The van der Waals surface area contributed by atoms with Gasteiger partial charge in [0.15, 0.2) is 0 Å². The molecule has 0 bridgehead atoms. The summed E-state index contributed by atoms with van der Waals surface area (Å²) in [5.41, 5.74) is 2.75. The smallest absolute Gasteiger partial charge is 0.325 e. The van der Waals surface area contributed by atoms with E-state index in [1.807, 2.05) is 31.7 Å². The zero-order valence-corrected chi connectivity index (χ0v) is 12.7. The number of rotatable bonds is 5. The molecule has 0 unspecified atom stereocenters. The number of nitrogens with zero attached hydrogens (tertiary/aromatic N) is 3. The molecule has 0 aliphatic carbocycles. The highest BCUT2D eigenvalue weighted by Crippen LogP contribution is 2.25. The minimum Gasteiger partial charge on any atom is -0.465 e. The third-order valence-electron chi connectivity index (χ3n) is 2.96. The van der Waals surface area contributed by atoms with Crippen LogP contribution in [0.4, 0.5) is 5.69 Å². The van der Waals surface area contributed by atoms with Gasteiger partial charge in [-0.15, -0.1) is 0 Å². The van der Waals surface area contributed by atoms with E-state index >= 15 is 0 Å². The number of carbonyl (C=O) groups is 1. The molecular weight excluding hydrogens is 254 g/mol. The van der Waals surface area contributed by atoms with Crippen LogP contribution < -0.4 is 4.90 Å². The van der Waals surface area contributed by atoms with Crippen LogP contribution in [0.2, 0.25) is 0 Å². The van der Waals surface area contributed by atoms with Gasteiger partial charge in [0, 0.05) is 11.7 Å². The van der Waals surface area contributed by atoms with Gasteiger partial charge in [-0.2, -0.15) is 5.26 Å². The van der Waals surface area contributed by atoms with Gasteiger partial charge in [-0.05, 0) is 40.7 Å². The van der Waals surface area contributed by atoms with Crippen LogP contribution in [0.5, 0.6) is 0 Å². The molecule has 0 saturated heterocycles. The number of pyridine rings is 1. The molecule has 0 radical (unpaired) electrons. The van der Waals surface area contributed by atoms with Gasteiger partial charge >= 0.3 is 5.97 Å². The fourth-order valence-corrected chi connectivity index (χ4v) is 2.06. The molecule has 20 heavy (non-hydrogen) atoms. The van der Waals surface area contributed by atoms with Gasteiger partial charge in [-0.3, -0.25) is 9.78 Å². The summed E-state index contributed by atoms with van der Waals surface area (Å²) < 4.78 is 5.00. The highest BCUT2D eigenvalue weighted by atomic mass is 16.5. The highest BCUT2D eigenvalue weighted by molar-refractivity contribution is 5.77. The van der Waals surface area contributed by atoms with E-state index in [4.69, 9.17) is 4.74 Å². The summed E-state index contributed by atoms with van der Waals surface area (Å²) in [7, 11) is 0. The van der Waals surface area contributed by atoms with Crippen LogP contribution in [0.25, 0.3) is 0 Å². The third kappa shape index (κ3) is 3.70. The van der Waals surface area contributed by atoms with Crippen molar-refractivity contribution in [3.63, 3.8) is 0 Å². The van der Waals surface area contributed by atoms with Gasteiger partial charge in [0.1, 0.15) is 12.6 Å². The van der Waals surface area contributed by atoms with Crippen molar-refractivity contribution in [2.24, 2.45) is 0 Å². The molecule has 0 aromatic carbocycles. The largest absolute Gasteiger partial charge is 0.465 e. The van der Waals surface area contributed by atoms with Crippen molar-refractivity contribution in [2.75, 3.05) is 18.1 Å². The van der Waals surface area contributed by atoms with Crippen molar-refractivity contribution in [1.82, 2.24) is 4.98 Å². The van der Waals surface area contributed by atoms with E-state index in [2.05, 4.69) is 11.1 Å². The van der Waals surface area contributed by atoms with Crippen LogP contribution in [-0.4, -0.2) is 30.1 Å². The number of hydrogen-bond donors (Lipinski definition) is 0. The Morgan fingerprint density at radius 3 is 2.65 bits per heavy atom. The summed E-state index contributed by atoms with van der Waals surface area (Å²) in [5.74, 6) is -0.294. The molecule has 1 rings (SSSR count). The van der Waals surface area contributed by atoms with E-state index in [1.54, 1.807) is 13.8 Å². The molecule has 1 heterocycles. The molecule has 1 aromatic rings. The van der Waals surface area contributed by atoms with E-state index in [0.717, 1.165) is 11.4 Å². The standard InChI is InChI=1S/C15H21N3O2/c1-6-20-15(19)9-18(10(2)3)14-7-11(4)17-12(5)13(14)8-16/h7,10H,6,9H2,1-5H3. The number of anilines is 1. The van der Waals surface area contributed by atoms with Gasteiger partial charge in [0.25, 0.3) is 0 Å². The number of esters is 1. The predicted octanol–water partition coefficient (Wildman–Crippen LogP) is 2.35. The lowest BCUT2D eigenvalue weighted by atomic mass is 10.1. The van der Waals surface area contributed by atoms with Crippen molar-refractivity contribution in [2.45, 2.75) is 40.7 Å². The lowest BCUT2D eigenvalue weighted by molar-refractivity contribution is -0.141. The van der Waals surface area contributed by atoms with Crippen LogP contribution in [0, 0.1) is 25.2 Å². The van der Waals surface area contributed by atoms with Gasteiger partial charge in [0.05, 0.1) is 23.6 Å². The predicted molar refractivity (Wildman–Crippen MR) is 77.5 cm³/mol. The summed E-state index contributed by atoms with van der Waals surface area (Å²) in [6, 6.07) is 4.09. The van der Waals surface area contributed by atoms with E-state index in [9.17, 15) is 10.1 Å². The van der Waals surface area contributed by atoms with E-state index in [0.29, 0.717) is 17.9 Å². The van der Waals surface area contributed by atoms with Gasteiger partial charge in [-0.1, -0.05) is 0 Å². The average Bonchev–Trinajstić information content (AvgIpc) is 2.35.